The molecule has 0 bridgehead atoms. The number of anilines is 1. The van der Waals surface area contributed by atoms with Crippen LogP contribution < -0.4 is 4.72 Å². The second kappa shape index (κ2) is 4.86. The topological polar surface area (TPSA) is 66.4 Å². The summed E-state index contributed by atoms with van der Waals surface area (Å²) in [6.45, 7) is 1.81. The first-order valence-corrected chi connectivity index (χ1v) is 7.40. The molecule has 0 aliphatic carbocycles. The lowest BCUT2D eigenvalue weighted by Crippen LogP contribution is -2.16. The molecule has 4 nitrogen and oxygen atoms in total. The van der Waals surface area contributed by atoms with Gasteiger partial charge in [0.15, 0.2) is 0 Å². The van der Waals surface area contributed by atoms with E-state index in [-0.39, 0.29) is 11.5 Å². The number of phenols is 1. The number of hydrogen-bond acceptors (Lipinski definition) is 3. The highest BCUT2D eigenvalue weighted by Gasteiger charge is 2.11. The second-order valence-corrected chi connectivity index (χ2v) is 5.94. The summed E-state index contributed by atoms with van der Waals surface area (Å²) in [7, 11) is -3.32. The van der Waals surface area contributed by atoms with Crippen LogP contribution in [0.25, 0.3) is 10.8 Å². The predicted octanol–water partition coefficient (Wildman–Crippen LogP) is 2.70. The lowest BCUT2D eigenvalue weighted by Gasteiger charge is -2.10. The summed E-state index contributed by atoms with van der Waals surface area (Å²) in [5.74, 6) is 0.228. The van der Waals surface area contributed by atoms with Crippen LogP contribution in [0.4, 0.5) is 5.69 Å². The molecule has 0 heterocycles. The lowest BCUT2D eigenvalue weighted by molar-refractivity contribution is 0.481. The molecule has 96 valence electrons. The van der Waals surface area contributed by atoms with Gasteiger partial charge < -0.3 is 5.11 Å². The van der Waals surface area contributed by atoms with Crippen molar-refractivity contribution in [1.29, 1.82) is 0 Å². The average Bonchev–Trinajstić information content (AvgIpc) is 2.30. The highest BCUT2D eigenvalue weighted by atomic mass is 32.2. The van der Waals surface area contributed by atoms with Crippen molar-refractivity contribution in [2.24, 2.45) is 0 Å². The molecule has 5 heteroatoms. The third-order valence-electron chi connectivity index (χ3n) is 2.64. The van der Waals surface area contributed by atoms with Crippen LogP contribution in [0.3, 0.4) is 0 Å². The molecule has 0 amide bonds. The molecular weight excluding hydrogens is 250 g/mol. The molecule has 0 aromatic heterocycles. The van der Waals surface area contributed by atoms with Crippen molar-refractivity contribution in [3.05, 3.63) is 36.4 Å². The molecule has 0 aliphatic heterocycles. The molecule has 0 spiro atoms. The van der Waals surface area contributed by atoms with Crippen LogP contribution in [0.2, 0.25) is 0 Å². The minimum Gasteiger partial charge on any atom is -0.507 e. The first-order chi connectivity index (χ1) is 8.53. The first-order valence-electron chi connectivity index (χ1n) is 5.74. The van der Waals surface area contributed by atoms with Gasteiger partial charge in [-0.15, -0.1) is 0 Å². The highest BCUT2D eigenvalue weighted by Crippen LogP contribution is 2.30. The Kier molecular flexibility index (Phi) is 3.43. The van der Waals surface area contributed by atoms with E-state index in [0.29, 0.717) is 22.9 Å². The minimum absolute atomic E-state index is 0.0855. The van der Waals surface area contributed by atoms with Crippen LogP contribution in [0.5, 0.6) is 5.75 Å². The van der Waals surface area contributed by atoms with Crippen LogP contribution in [0, 0.1) is 0 Å². The summed E-state index contributed by atoms with van der Waals surface area (Å²) in [4.78, 5) is 0. The zero-order valence-corrected chi connectivity index (χ0v) is 10.9. The van der Waals surface area contributed by atoms with Gasteiger partial charge in [-0.1, -0.05) is 31.2 Å². The molecule has 2 rings (SSSR count). The van der Waals surface area contributed by atoms with Crippen molar-refractivity contribution in [2.75, 3.05) is 10.5 Å². The zero-order valence-electron chi connectivity index (χ0n) is 10.1. The fourth-order valence-corrected chi connectivity index (χ4v) is 3.02. The number of fused-ring (bicyclic) bond motifs is 1. The van der Waals surface area contributed by atoms with E-state index in [1.807, 2.05) is 6.92 Å². The van der Waals surface area contributed by atoms with E-state index in [4.69, 9.17) is 0 Å². The van der Waals surface area contributed by atoms with Crippen LogP contribution in [0.15, 0.2) is 36.4 Å². The van der Waals surface area contributed by atoms with E-state index >= 15 is 0 Å². The third-order valence-corrected chi connectivity index (χ3v) is 4.11. The monoisotopic (exact) mass is 265 g/mol. The normalized spacial score (nSPS) is 11.6. The highest BCUT2D eigenvalue weighted by molar-refractivity contribution is 7.92. The summed E-state index contributed by atoms with van der Waals surface area (Å²) < 4.78 is 26.1. The molecular formula is C13H15NO3S. The largest absolute Gasteiger partial charge is 0.507 e. The second-order valence-electron chi connectivity index (χ2n) is 4.10. The van der Waals surface area contributed by atoms with Gasteiger partial charge in [0.05, 0.1) is 11.4 Å². The van der Waals surface area contributed by atoms with E-state index in [1.54, 1.807) is 36.4 Å². The summed E-state index contributed by atoms with van der Waals surface area (Å²) in [5, 5.41) is 11.0. The predicted molar refractivity (Wildman–Crippen MR) is 73.3 cm³/mol. The molecule has 0 atom stereocenters. The van der Waals surface area contributed by atoms with E-state index in [1.165, 1.54) is 0 Å². The summed E-state index contributed by atoms with van der Waals surface area (Å²) in [6, 6.07) is 10.2. The van der Waals surface area contributed by atoms with Crippen LogP contribution in [-0.2, 0) is 10.0 Å². The Bertz CT molecular complexity index is 665. The third kappa shape index (κ3) is 2.56. The Morgan fingerprint density at radius 1 is 1.11 bits per heavy atom. The maximum Gasteiger partial charge on any atom is 0.232 e. The van der Waals surface area contributed by atoms with Gasteiger partial charge in [0, 0.05) is 10.8 Å². The minimum atomic E-state index is -3.32. The van der Waals surface area contributed by atoms with Gasteiger partial charge in [0.25, 0.3) is 0 Å². The number of rotatable bonds is 4. The van der Waals surface area contributed by atoms with Crippen LogP contribution >= 0.6 is 0 Å². The SMILES string of the molecule is CCCS(=O)(=O)Nc1cccc2c(O)cccc12. The molecule has 2 aromatic carbocycles. The van der Waals surface area contributed by atoms with Crippen molar-refractivity contribution in [1.82, 2.24) is 0 Å². The Labute approximate surface area is 106 Å². The van der Waals surface area contributed by atoms with Crippen LogP contribution in [-0.4, -0.2) is 19.3 Å². The lowest BCUT2D eigenvalue weighted by atomic mass is 10.1. The molecule has 0 aliphatic rings. The fourth-order valence-electron chi connectivity index (χ4n) is 1.87. The molecule has 2 aromatic rings. The first kappa shape index (κ1) is 12.7. The Hall–Kier alpha value is -1.75. The summed E-state index contributed by atoms with van der Waals surface area (Å²) >= 11 is 0. The van der Waals surface area contributed by atoms with E-state index in [9.17, 15) is 13.5 Å². The Balaban J connectivity index is 2.50. The maximum absolute atomic E-state index is 11.8. The van der Waals surface area contributed by atoms with Gasteiger partial charge in [0.2, 0.25) is 10.0 Å². The number of nitrogens with one attached hydrogen (secondary N) is 1. The Morgan fingerprint density at radius 3 is 2.50 bits per heavy atom. The number of sulfonamides is 1. The standard InChI is InChI=1S/C13H15NO3S/c1-2-9-18(16,17)14-12-7-3-6-11-10(12)5-4-8-13(11)15/h3-8,14-15H,2,9H2,1H3. The summed E-state index contributed by atoms with van der Waals surface area (Å²) in [5.41, 5.74) is 0.497. The number of benzene rings is 2. The van der Waals surface area contributed by atoms with Crippen molar-refractivity contribution in [2.45, 2.75) is 13.3 Å². The fraction of sp³-hybridized carbons (Fsp3) is 0.231. The molecule has 0 saturated carbocycles. The Morgan fingerprint density at radius 2 is 1.78 bits per heavy atom. The van der Waals surface area contributed by atoms with E-state index in [0.717, 1.165) is 0 Å². The average molecular weight is 265 g/mol. The number of aromatic hydroxyl groups is 1. The van der Waals surface area contributed by atoms with Gasteiger partial charge in [0.1, 0.15) is 5.75 Å². The number of hydrogen-bond donors (Lipinski definition) is 2. The van der Waals surface area contributed by atoms with Crippen molar-refractivity contribution < 1.29 is 13.5 Å². The molecule has 0 saturated heterocycles. The number of phenolic OH excluding ortho intramolecular Hbond substituents is 1. The molecule has 0 radical (unpaired) electrons. The van der Waals surface area contributed by atoms with E-state index in [2.05, 4.69) is 4.72 Å². The van der Waals surface area contributed by atoms with Gasteiger partial charge >= 0.3 is 0 Å². The summed E-state index contributed by atoms with van der Waals surface area (Å²) in [6.07, 6.45) is 0.561. The smallest absolute Gasteiger partial charge is 0.232 e. The van der Waals surface area contributed by atoms with E-state index < -0.39 is 10.0 Å². The van der Waals surface area contributed by atoms with Crippen molar-refractivity contribution in [3.63, 3.8) is 0 Å². The van der Waals surface area contributed by atoms with Crippen molar-refractivity contribution >= 4 is 26.5 Å². The maximum atomic E-state index is 11.8. The van der Waals surface area contributed by atoms with Gasteiger partial charge in [-0.3, -0.25) is 4.72 Å². The van der Waals surface area contributed by atoms with Gasteiger partial charge in [-0.2, -0.15) is 0 Å². The van der Waals surface area contributed by atoms with Gasteiger partial charge in [-0.05, 0) is 18.6 Å². The zero-order chi connectivity index (χ0) is 13.2. The molecule has 2 N–H and O–H groups in total. The molecule has 0 fully saturated rings. The quantitative estimate of drug-likeness (QED) is 0.893. The molecule has 0 unspecified atom stereocenters. The van der Waals surface area contributed by atoms with Crippen LogP contribution in [0.1, 0.15) is 13.3 Å². The molecule has 18 heavy (non-hydrogen) atoms. The van der Waals surface area contributed by atoms with Gasteiger partial charge in [-0.25, -0.2) is 8.42 Å². The van der Waals surface area contributed by atoms with Crippen molar-refractivity contribution in [3.8, 4) is 5.75 Å².